The lowest BCUT2D eigenvalue weighted by atomic mass is 10.0. The van der Waals surface area contributed by atoms with Crippen LogP contribution in [0, 0.1) is 0 Å². The summed E-state index contributed by atoms with van der Waals surface area (Å²) < 4.78 is 39.3. The van der Waals surface area contributed by atoms with E-state index in [1.165, 1.54) is 16.7 Å². The van der Waals surface area contributed by atoms with Crippen LogP contribution in [0.1, 0.15) is 5.56 Å². The van der Waals surface area contributed by atoms with E-state index in [9.17, 15) is 13.2 Å². The standard InChI is InChI=1S/C26H24N6OS.C2HF3O2/c1-2-4-20(5-3-1)21-8-6-19(7-9-21)16-27-24-23-25(32(18-28-23)22-10-15-34-17-22)30-26(29-24)31-11-13-33-14-12-31;3-2(4,5)1(6)7/h1-10,15,17-18H,11-14,16H2,(H,27,29,30);(H,6,7). The first-order valence-electron chi connectivity index (χ1n) is 12.6. The van der Waals surface area contributed by atoms with Crippen LogP contribution in [-0.4, -0.2) is 63.1 Å². The minimum Gasteiger partial charge on any atom is -0.475 e. The molecule has 0 spiro atoms. The van der Waals surface area contributed by atoms with Gasteiger partial charge in [0.15, 0.2) is 17.0 Å². The van der Waals surface area contributed by atoms with E-state index in [4.69, 9.17) is 24.6 Å². The summed E-state index contributed by atoms with van der Waals surface area (Å²) in [5.41, 5.74) is 6.23. The first kappa shape index (κ1) is 28.1. The highest BCUT2D eigenvalue weighted by molar-refractivity contribution is 7.08. The number of nitrogens with zero attached hydrogens (tertiary/aromatic N) is 5. The number of morpholine rings is 1. The van der Waals surface area contributed by atoms with E-state index in [-0.39, 0.29) is 0 Å². The number of alkyl halides is 3. The molecule has 2 N–H and O–H groups in total. The second-order valence-corrected chi connectivity index (χ2v) is 9.74. The summed E-state index contributed by atoms with van der Waals surface area (Å²) in [6, 6.07) is 21.1. The number of hydrogen-bond donors (Lipinski definition) is 2. The van der Waals surface area contributed by atoms with E-state index in [1.807, 2.05) is 17.0 Å². The molecule has 0 bridgehead atoms. The van der Waals surface area contributed by atoms with Gasteiger partial charge in [-0.25, -0.2) is 9.78 Å². The molecule has 3 aromatic heterocycles. The Morgan fingerprint density at radius 1 is 1.00 bits per heavy atom. The lowest BCUT2D eigenvalue weighted by Gasteiger charge is -2.27. The minimum absolute atomic E-state index is 0.648. The smallest absolute Gasteiger partial charge is 0.475 e. The highest BCUT2D eigenvalue weighted by Crippen LogP contribution is 2.27. The van der Waals surface area contributed by atoms with Crippen molar-refractivity contribution in [2.45, 2.75) is 12.7 Å². The first-order valence-corrected chi connectivity index (χ1v) is 13.5. The third-order valence-electron chi connectivity index (χ3n) is 6.23. The number of carboxylic acids is 1. The number of aliphatic carboxylic acids is 1. The van der Waals surface area contributed by atoms with Crippen LogP contribution in [0.15, 0.2) is 77.8 Å². The van der Waals surface area contributed by atoms with Crippen molar-refractivity contribution in [3.63, 3.8) is 0 Å². The second-order valence-electron chi connectivity index (χ2n) is 8.96. The van der Waals surface area contributed by atoms with Gasteiger partial charge in [-0.2, -0.15) is 34.5 Å². The van der Waals surface area contributed by atoms with Crippen molar-refractivity contribution in [1.29, 1.82) is 0 Å². The van der Waals surface area contributed by atoms with Gasteiger partial charge in [-0.15, -0.1) is 0 Å². The molecule has 6 rings (SSSR count). The van der Waals surface area contributed by atoms with Crippen LogP contribution in [-0.2, 0) is 16.1 Å². The van der Waals surface area contributed by atoms with Crippen LogP contribution in [0.3, 0.4) is 0 Å². The predicted octanol–water partition coefficient (Wildman–Crippen LogP) is 5.63. The number of halogens is 3. The zero-order valence-corrected chi connectivity index (χ0v) is 22.4. The summed E-state index contributed by atoms with van der Waals surface area (Å²) in [7, 11) is 0. The number of carbonyl (C=O) groups is 1. The van der Waals surface area contributed by atoms with Gasteiger partial charge < -0.3 is 20.1 Å². The van der Waals surface area contributed by atoms with Gasteiger partial charge in [0.25, 0.3) is 0 Å². The molecule has 1 aliphatic heterocycles. The summed E-state index contributed by atoms with van der Waals surface area (Å²) in [5.74, 6) is -1.31. The Morgan fingerprint density at radius 2 is 1.68 bits per heavy atom. The number of carboxylic acid groups (broad SMARTS) is 1. The number of aromatic nitrogens is 4. The fourth-order valence-corrected chi connectivity index (χ4v) is 4.76. The molecular formula is C28H25F3N6O3S. The van der Waals surface area contributed by atoms with Gasteiger partial charge in [0.05, 0.1) is 18.9 Å². The average molecular weight is 583 g/mol. The molecule has 1 fully saturated rings. The van der Waals surface area contributed by atoms with Gasteiger partial charge >= 0.3 is 12.1 Å². The number of imidazole rings is 1. The number of fused-ring (bicyclic) bond motifs is 1. The Bertz CT molecular complexity index is 1590. The Labute approximate surface area is 236 Å². The van der Waals surface area contributed by atoms with Crippen LogP contribution >= 0.6 is 11.3 Å². The van der Waals surface area contributed by atoms with Crippen LogP contribution in [0.25, 0.3) is 28.0 Å². The quantitative estimate of drug-likeness (QED) is 0.266. The molecule has 0 atom stereocenters. The molecule has 4 heterocycles. The van der Waals surface area contributed by atoms with Crippen molar-refractivity contribution < 1.29 is 27.8 Å². The first-order chi connectivity index (χ1) is 19.8. The van der Waals surface area contributed by atoms with E-state index in [0.29, 0.717) is 25.7 Å². The second kappa shape index (κ2) is 12.4. The number of rotatable bonds is 6. The third-order valence-corrected chi connectivity index (χ3v) is 6.90. The molecule has 212 valence electrons. The topological polar surface area (TPSA) is 105 Å². The fraction of sp³-hybridized carbons (Fsp3) is 0.214. The SMILES string of the molecule is O=C(O)C(F)(F)F.c1ccc(-c2ccc(CNc3nc(N4CCOCC4)nc4c3ncn4-c3ccsc3)cc2)cc1. The highest BCUT2D eigenvalue weighted by atomic mass is 32.1. The van der Waals surface area contributed by atoms with Crippen LogP contribution in [0.2, 0.25) is 0 Å². The molecule has 0 unspecified atom stereocenters. The molecule has 9 nitrogen and oxygen atoms in total. The lowest BCUT2D eigenvalue weighted by molar-refractivity contribution is -0.192. The van der Waals surface area contributed by atoms with E-state index in [1.54, 1.807) is 11.3 Å². The van der Waals surface area contributed by atoms with Crippen molar-refractivity contribution in [2.24, 2.45) is 0 Å². The van der Waals surface area contributed by atoms with Crippen molar-refractivity contribution in [2.75, 3.05) is 36.5 Å². The zero-order chi connectivity index (χ0) is 28.8. The molecule has 5 aromatic rings. The van der Waals surface area contributed by atoms with E-state index in [2.05, 4.69) is 80.6 Å². The lowest BCUT2D eigenvalue weighted by Crippen LogP contribution is -2.37. The number of nitrogens with one attached hydrogen (secondary N) is 1. The molecule has 2 aromatic carbocycles. The molecular weight excluding hydrogens is 557 g/mol. The van der Waals surface area contributed by atoms with Crippen molar-refractivity contribution in [3.8, 4) is 16.8 Å². The molecule has 1 saturated heterocycles. The van der Waals surface area contributed by atoms with Gasteiger partial charge in [0.1, 0.15) is 6.33 Å². The van der Waals surface area contributed by atoms with Gasteiger partial charge in [-0.1, -0.05) is 54.6 Å². The summed E-state index contributed by atoms with van der Waals surface area (Å²) >= 11 is 1.66. The number of ether oxygens (including phenoxy) is 1. The molecule has 13 heteroatoms. The maximum atomic E-state index is 10.6. The largest absolute Gasteiger partial charge is 0.490 e. The molecule has 41 heavy (non-hydrogen) atoms. The highest BCUT2D eigenvalue weighted by Gasteiger charge is 2.38. The van der Waals surface area contributed by atoms with Gasteiger partial charge in [0, 0.05) is 25.0 Å². The van der Waals surface area contributed by atoms with E-state index in [0.717, 1.165) is 35.8 Å². The molecule has 0 saturated carbocycles. The molecule has 0 radical (unpaired) electrons. The van der Waals surface area contributed by atoms with Crippen LogP contribution in [0.4, 0.5) is 24.9 Å². The molecule has 0 amide bonds. The fourth-order valence-electron chi connectivity index (χ4n) is 4.13. The number of anilines is 2. The summed E-state index contributed by atoms with van der Waals surface area (Å²) in [5, 5.41) is 14.8. The van der Waals surface area contributed by atoms with Crippen molar-refractivity contribution in [1.82, 2.24) is 19.5 Å². The average Bonchev–Trinajstić information content (AvgIpc) is 3.67. The summed E-state index contributed by atoms with van der Waals surface area (Å²) in [6.07, 6.45) is -3.26. The minimum atomic E-state index is -5.08. The van der Waals surface area contributed by atoms with Gasteiger partial charge in [-0.3, -0.25) is 4.57 Å². The maximum Gasteiger partial charge on any atom is 0.490 e. The van der Waals surface area contributed by atoms with E-state index >= 15 is 0 Å². The summed E-state index contributed by atoms with van der Waals surface area (Å²) in [4.78, 5) is 25.5. The number of hydrogen-bond acceptors (Lipinski definition) is 8. The van der Waals surface area contributed by atoms with Crippen LogP contribution < -0.4 is 10.2 Å². The van der Waals surface area contributed by atoms with Gasteiger partial charge in [-0.05, 0) is 28.1 Å². The number of benzene rings is 2. The maximum absolute atomic E-state index is 10.6. The monoisotopic (exact) mass is 582 g/mol. The van der Waals surface area contributed by atoms with Crippen LogP contribution in [0.5, 0.6) is 0 Å². The third kappa shape index (κ3) is 6.81. The summed E-state index contributed by atoms with van der Waals surface area (Å²) in [6.45, 7) is 3.56. The normalized spacial score (nSPS) is 13.5. The molecule has 1 aliphatic rings. The van der Waals surface area contributed by atoms with Crippen molar-refractivity contribution >= 4 is 40.2 Å². The Morgan fingerprint density at radius 3 is 2.32 bits per heavy atom. The Kier molecular flexibility index (Phi) is 8.45. The Balaban J connectivity index is 0.000000431. The Hall–Kier alpha value is -4.49. The zero-order valence-electron chi connectivity index (χ0n) is 21.6. The van der Waals surface area contributed by atoms with Gasteiger partial charge in [0.2, 0.25) is 5.95 Å². The molecule has 0 aliphatic carbocycles. The van der Waals surface area contributed by atoms with Crippen molar-refractivity contribution in [3.05, 3.63) is 83.3 Å². The number of thiophene rings is 1. The van der Waals surface area contributed by atoms with E-state index < -0.39 is 12.1 Å². The predicted molar refractivity (Wildman–Crippen MR) is 150 cm³/mol.